The molecule has 1 aromatic heterocycles. The fraction of sp³-hybridized carbons (Fsp3) is 0.429. The van der Waals surface area contributed by atoms with E-state index in [1.54, 1.807) is 20.8 Å². The predicted octanol–water partition coefficient (Wildman–Crippen LogP) is 1.28. The lowest BCUT2D eigenvalue weighted by atomic mass is 10.2. The van der Waals surface area contributed by atoms with Gasteiger partial charge in [-0.1, -0.05) is 0 Å². The maximum absolute atomic E-state index is 14.3. The number of aromatic nitrogens is 1. The van der Waals surface area contributed by atoms with Crippen molar-refractivity contribution in [2.24, 2.45) is 0 Å². The Hall–Kier alpha value is -2.91. The van der Waals surface area contributed by atoms with E-state index >= 15 is 0 Å². The first-order valence-electron chi connectivity index (χ1n) is 6.77. The van der Waals surface area contributed by atoms with E-state index in [4.69, 9.17) is 14.6 Å². The smallest absolute Gasteiger partial charge is 0.412 e. The molecule has 0 fully saturated rings. The zero-order chi connectivity index (χ0) is 18.5. The number of aliphatic carboxylic acids is 1. The molecule has 0 aliphatic carbocycles. The first kappa shape index (κ1) is 19.1. The van der Waals surface area contributed by atoms with Gasteiger partial charge in [0.15, 0.2) is 11.6 Å². The van der Waals surface area contributed by atoms with Gasteiger partial charge < -0.3 is 19.9 Å². The molecule has 24 heavy (non-hydrogen) atoms. The number of anilines is 1. The van der Waals surface area contributed by atoms with Crippen LogP contribution in [0.2, 0.25) is 0 Å². The Kier molecular flexibility index (Phi) is 6.04. The van der Waals surface area contributed by atoms with E-state index in [9.17, 15) is 18.8 Å². The number of nitrogens with zero attached hydrogens (tertiary/aromatic N) is 1. The number of pyridine rings is 1. The molecule has 10 heteroatoms. The molecule has 9 nitrogen and oxygen atoms in total. The van der Waals surface area contributed by atoms with Gasteiger partial charge in [0, 0.05) is 0 Å². The van der Waals surface area contributed by atoms with Crippen molar-refractivity contribution in [2.75, 3.05) is 12.4 Å². The Morgan fingerprint density at radius 3 is 2.46 bits per heavy atom. The number of amides is 2. The lowest BCUT2D eigenvalue weighted by Gasteiger charge is -2.20. The summed E-state index contributed by atoms with van der Waals surface area (Å²) in [4.78, 5) is 36.8. The van der Waals surface area contributed by atoms with Crippen molar-refractivity contribution >= 4 is 23.7 Å². The summed E-state index contributed by atoms with van der Waals surface area (Å²) in [5.41, 5.74) is -1.07. The number of ether oxygens (including phenoxy) is 2. The minimum atomic E-state index is -1.70. The van der Waals surface area contributed by atoms with Crippen LogP contribution < -0.4 is 15.4 Å². The lowest BCUT2D eigenvalue weighted by molar-refractivity contribution is -0.150. The molecule has 0 bridgehead atoms. The number of carboxylic acid groups (broad SMARTS) is 1. The second-order valence-corrected chi connectivity index (χ2v) is 5.58. The highest BCUT2D eigenvalue weighted by atomic mass is 19.1. The van der Waals surface area contributed by atoms with Crippen molar-refractivity contribution in [1.82, 2.24) is 10.3 Å². The average molecular weight is 343 g/mol. The van der Waals surface area contributed by atoms with Crippen molar-refractivity contribution in [3.63, 3.8) is 0 Å². The highest BCUT2D eigenvalue weighted by Gasteiger charge is 2.21. The van der Waals surface area contributed by atoms with E-state index < -0.39 is 35.9 Å². The summed E-state index contributed by atoms with van der Waals surface area (Å²) in [6.07, 6.45) is 0.280. The minimum absolute atomic E-state index is 0.0717. The third kappa shape index (κ3) is 5.38. The van der Waals surface area contributed by atoms with E-state index in [1.807, 2.05) is 5.32 Å². The molecule has 0 aliphatic rings. The molecular formula is C14H18FN3O6. The average Bonchev–Trinajstić information content (AvgIpc) is 2.44. The standard InChI is InChI=1S/C14H18FN3O6/c1-14(2,3)24-13(22)18-8-6-16-7(9(15)10(8)23-4)5-17-11(19)12(20)21/h6H,5H2,1-4H3,(H,17,19)(H,18,22)(H,20,21). The van der Waals surface area contributed by atoms with Gasteiger partial charge in [-0.2, -0.15) is 0 Å². The monoisotopic (exact) mass is 343 g/mol. The second kappa shape index (κ2) is 7.57. The predicted molar refractivity (Wildman–Crippen MR) is 80.1 cm³/mol. The topological polar surface area (TPSA) is 127 Å². The van der Waals surface area contributed by atoms with Gasteiger partial charge in [-0.15, -0.1) is 0 Å². The molecule has 0 aromatic carbocycles. The first-order chi connectivity index (χ1) is 11.0. The fourth-order valence-electron chi connectivity index (χ4n) is 1.57. The van der Waals surface area contributed by atoms with Crippen molar-refractivity contribution < 1.29 is 33.4 Å². The quantitative estimate of drug-likeness (QED) is 0.703. The number of carbonyl (C=O) groups is 3. The number of hydrogen-bond donors (Lipinski definition) is 3. The number of hydrogen-bond acceptors (Lipinski definition) is 6. The SMILES string of the molecule is COc1c(NC(=O)OC(C)(C)C)cnc(CNC(=O)C(=O)O)c1F. The van der Waals surface area contributed by atoms with Gasteiger partial charge in [0.2, 0.25) is 0 Å². The number of carboxylic acids is 1. The molecule has 0 unspecified atom stereocenters. The van der Waals surface area contributed by atoms with Crippen LogP contribution in [0.25, 0.3) is 0 Å². The molecule has 0 saturated heterocycles. The Morgan fingerprint density at radius 1 is 1.33 bits per heavy atom. The summed E-state index contributed by atoms with van der Waals surface area (Å²) in [5.74, 6) is -4.27. The second-order valence-electron chi connectivity index (χ2n) is 5.58. The summed E-state index contributed by atoms with van der Waals surface area (Å²) in [6.45, 7) is 4.53. The third-order valence-corrected chi connectivity index (χ3v) is 2.50. The van der Waals surface area contributed by atoms with E-state index in [2.05, 4.69) is 10.3 Å². The highest BCUT2D eigenvalue weighted by molar-refractivity contribution is 6.31. The fourth-order valence-corrected chi connectivity index (χ4v) is 1.57. The normalized spacial score (nSPS) is 10.7. The van der Waals surface area contributed by atoms with Crippen LogP contribution in [0.15, 0.2) is 6.20 Å². The molecule has 0 spiro atoms. The molecule has 3 N–H and O–H groups in total. The van der Waals surface area contributed by atoms with Crippen LogP contribution in [0.1, 0.15) is 26.5 Å². The number of rotatable bonds is 4. The van der Waals surface area contributed by atoms with Crippen LogP contribution in [0.3, 0.4) is 0 Å². The van der Waals surface area contributed by atoms with Crippen LogP contribution in [0.5, 0.6) is 5.75 Å². The van der Waals surface area contributed by atoms with Crippen LogP contribution in [-0.4, -0.2) is 40.8 Å². The molecule has 2 amide bonds. The molecule has 1 aromatic rings. The van der Waals surface area contributed by atoms with Gasteiger partial charge in [0.05, 0.1) is 25.5 Å². The van der Waals surface area contributed by atoms with Crippen LogP contribution in [0.4, 0.5) is 14.9 Å². The van der Waals surface area contributed by atoms with Crippen molar-refractivity contribution in [1.29, 1.82) is 0 Å². The van der Waals surface area contributed by atoms with E-state index in [1.165, 1.54) is 7.11 Å². The molecule has 1 rings (SSSR count). The minimum Gasteiger partial charge on any atom is -0.491 e. The van der Waals surface area contributed by atoms with Crippen LogP contribution in [-0.2, 0) is 20.9 Å². The van der Waals surface area contributed by atoms with Crippen molar-refractivity contribution in [3.05, 3.63) is 17.7 Å². The van der Waals surface area contributed by atoms with Gasteiger partial charge in [-0.05, 0) is 20.8 Å². The van der Waals surface area contributed by atoms with Crippen LogP contribution in [0, 0.1) is 5.82 Å². The molecule has 0 saturated carbocycles. The lowest BCUT2D eigenvalue weighted by Crippen LogP contribution is -2.31. The number of carbonyl (C=O) groups excluding carboxylic acids is 2. The molecular weight excluding hydrogens is 325 g/mol. The van der Waals surface area contributed by atoms with E-state index in [0.717, 1.165) is 6.20 Å². The Bertz CT molecular complexity index is 657. The summed E-state index contributed by atoms with van der Waals surface area (Å²) >= 11 is 0. The van der Waals surface area contributed by atoms with E-state index in [0.29, 0.717) is 0 Å². The summed E-state index contributed by atoms with van der Waals surface area (Å²) < 4.78 is 24.2. The summed E-state index contributed by atoms with van der Waals surface area (Å²) in [5, 5.41) is 12.7. The first-order valence-corrected chi connectivity index (χ1v) is 6.77. The van der Waals surface area contributed by atoms with Gasteiger partial charge in [0.1, 0.15) is 11.3 Å². The van der Waals surface area contributed by atoms with Crippen molar-refractivity contribution in [2.45, 2.75) is 32.9 Å². The Labute approximate surface area is 137 Å². The zero-order valence-electron chi connectivity index (χ0n) is 13.6. The molecule has 0 atom stereocenters. The Balaban J connectivity index is 2.94. The third-order valence-electron chi connectivity index (χ3n) is 2.50. The molecule has 0 radical (unpaired) electrons. The van der Waals surface area contributed by atoms with E-state index in [-0.39, 0.29) is 17.1 Å². The maximum Gasteiger partial charge on any atom is 0.412 e. The van der Waals surface area contributed by atoms with Crippen LogP contribution >= 0.6 is 0 Å². The van der Waals surface area contributed by atoms with Gasteiger partial charge in [-0.25, -0.2) is 14.0 Å². The number of methoxy groups -OCH3 is 1. The maximum atomic E-state index is 14.3. The number of nitrogens with one attached hydrogen (secondary N) is 2. The summed E-state index contributed by atoms with van der Waals surface area (Å²) in [6, 6.07) is 0. The Morgan fingerprint density at radius 2 is 1.96 bits per heavy atom. The molecule has 132 valence electrons. The summed E-state index contributed by atoms with van der Waals surface area (Å²) in [7, 11) is 1.18. The van der Waals surface area contributed by atoms with Gasteiger partial charge in [-0.3, -0.25) is 15.1 Å². The number of halogens is 1. The van der Waals surface area contributed by atoms with Crippen molar-refractivity contribution in [3.8, 4) is 5.75 Å². The molecule has 0 aliphatic heterocycles. The van der Waals surface area contributed by atoms with Gasteiger partial charge >= 0.3 is 18.0 Å². The van der Waals surface area contributed by atoms with Gasteiger partial charge in [0.25, 0.3) is 0 Å². The molecule has 1 heterocycles. The highest BCUT2D eigenvalue weighted by Crippen LogP contribution is 2.29. The zero-order valence-corrected chi connectivity index (χ0v) is 13.6. The largest absolute Gasteiger partial charge is 0.491 e.